The standard InChI is InChI=1S/C14H17N3O2/c1-3-8-18-13-6-4-12(5-7-13)9-15-10-14-16-11(2)17-19-14/h3-7,15H,1,8-10H2,2H3. The number of aromatic nitrogens is 2. The highest BCUT2D eigenvalue weighted by Crippen LogP contribution is 2.12. The molecule has 0 saturated carbocycles. The lowest BCUT2D eigenvalue weighted by Crippen LogP contribution is -2.12. The third-order valence-electron chi connectivity index (χ3n) is 2.47. The Kier molecular flexibility index (Phi) is 4.69. The molecule has 0 amide bonds. The van der Waals surface area contributed by atoms with Gasteiger partial charge in [0.1, 0.15) is 12.4 Å². The molecule has 1 N–H and O–H groups in total. The minimum atomic E-state index is 0.522. The molecule has 0 aliphatic rings. The van der Waals surface area contributed by atoms with E-state index in [4.69, 9.17) is 9.26 Å². The molecular formula is C14H17N3O2. The van der Waals surface area contributed by atoms with Gasteiger partial charge in [-0.2, -0.15) is 4.98 Å². The Morgan fingerprint density at radius 3 is 2.74 bits per heavy atom. The summed E-state index contributed by atoms with van der Waals surface area (Å²) in [6, 6.07) is 7.92. The van der Waals surface area contributed by atoms with Crippen molar-refractivity contribution in [2.45, 2.75) is 20.0 Å². The first-order valence-corrected chi connectivity index (χ1v) is 6.10. The van der Waals surface area contributed by atoms with Crippen LogP contribution in [-0.2, 0) is 13.1 Å². The molecule has 100 valence electrons. The molecule has 2 rings (SSSR count). The zero-order chi connectivity index (χ0) is 13.5. The molecule has 0 unspecified atom stereocenters. The van der Waals surface area contributed by atoms with Crippen LogP contribution in [0.2, 0.25) is 0 Å². The highest BCUT2D eigenvalue weighted by molar-refractivity contribution is 5.27. The topological polar surface area (TPSA) is 60.2 Å². The Bertz CT molecular complexity index is 520. The third-order valence-corrected chi connectivity index (χ3v) is 2.47. The summed E-state index contributed by atoms with van der Waals surface area (Å²) in [5.74, 6) is 2.10. The van der Waals surface area contributed by atoms with Crippen molar-refractivity contribution in [2.24, 2.45) is 0 Å². The van der Waals surface area contributed by atoms with E-state index in [2.05, 4.69) is 22.0 Å². The van der Waals surface area contributed by atoms with Gasteiger partial charge in [0.25, 0.3) is 0 Å². The van der Waals surface area contributed by atoms with Crippen LogP contribution in [0.25, 0.3) is 0 Å². The van der Waals surface area contributed by atoms with Crippen molar-refractivity contribution in [3.63, 3.8) is 0 Å². The Morgan fingerprint density at radius 1 is 1.32 bits per heavy atom. The SMILES string of the molecule is C=CCOc1ccc(CNCc2nc(C)no2)cc1. The average Bonchev–Trinajstić information content (AvgIpc) is 2.84. The number of nitrogens with zero attached hydrogens (tertiary/aromatic N) is 2. The summed E-state index contributed by atoms with van der Waals surface area (Å²) in [4.78, 5) is 4.12. The van der Waals surface area contributed by atoms with Gasteiger partial charge in [-0.05, 0) is 24.6 Å². The zero-order valence-corrected chi connectivity index (χ0v) is 10.9. The van der Waals surface area contributed by atoms with Gasteiger partial charge in [-0.25, -0.2) is 0 Å². The number of aryl methyl sites for hydroxylation is 1. The van der Waals surface area contributed by atoms with Crippen LogP contribution in [0, 0.1) is 6.92 Å². The summed E-state index contributed by atoms with van der Waals surface area (Å²) >= 11 is 0. The predicted octanol–water partition coefficient (Wildman–Crippen LogP) is 2.23. The fourth-order valence-corrected chi connectivity index (χ4v) is 1.58. The summed E-state index contributed by atoms with van der Waals surface area (Å²) in [5, 5.41) is 6.97. The van der Waals surface area contributed by atoms with Crippen LogP contribution in [-0.4, -0.2) is 16.7 Å². The molecule has 1 aromatic heterocycles. The number of rotatable bonds is 7. The van der Waals surface area contributed by atoms with Crippen LogP contribution in [0.15, 0.2) is 41.4 Å². The summed E-state index contributed by atoms with van der Waals surface area (Å²) in [6.45, 7) is 7.24. The van der Waals surface area contributed by atoms with E-state index in [0.29, 0.717) is 24.9 Å². The number of hydrogen-bond donors (Lipinski definition) is 1. The van der Waals surface area contributed by atoms with Crippen LogP contribution in [0.1, 0.15) is 17.3 Å². The summed E-state index contributed by atoms with van der Waals surface area (Å²) in [6.07, 6.45) is 1.72. The number of nitrogens with one attached hydrogen (secondary N) is 1. The van der Waals surface area contributed by atoms with Crippen molar-refractivity contribution >= 4 is 0 Å². The van der Waals surface area contributed by atoms with Crippen molar-refractivity contribution < 1.29 is 9.26 Å². The van der Waals surface area contributed by atoms with Crippen molar-refractivity contribution in [1.82, 2.24) is 15.5 Å². The van der Waals surface area contributed by atoms with E-state index in [9.17, 15) is 0 Å². The minimum Gasteiger partial charge on any atom is -0.490 e. The molecule has 0 aliphatic carbocycles. The van der Waals surface area contributed by atoms with E-state index in [-0.39, 0.29) is 0 Å². The molecule has 5 nitrogen and oxygen atoms in total. The quantitative estimate of drug-likeness (QED) is 0.773. The molecule has 5 heteroatoms. The fourth-order valence-electron chi connectivity index (χ4n) is 1.58. The predicted molar refractivity (Wildman–Crippen MR) is 71.7 cm³/mol. The van der Waals surface area contributed by atoms with Gasteiger partial charge in [0.15, 0.2) is 5.82 Å². The summed E-state index contributed by atoms with van der Waals surface area (Å²) in [5.41, 5.74) is 1.17. The van der Waals surface area contributed by atoms with Gasteiger partial charge >= 0.3 is 0 Å². The lowest BCUT2D eigenvalue weighted by atomic mass is 10.2. The van der Waals surface area contributed by atoms with Gasteiger partial charge in [0, 0.05) is 6.54 Å². The summed E-state index contributed by atoms with van der Waals surface area (Å²) in [7, 11) is 0. The first-order valence-electron chi connectivity index (χ1n) is 6.10. The van der Waals surface area contributed by atoms with E-state index >= 15 is 0 Å². The van der Waals surface area contributed by atoms with E-state index < -0.39 is 0 Å². The van der Waals surface area contributed by atoms with Crippen LogP contribution in [0.3, 0.4) is 0 Å². The largest absolute Gasteiger partial charge is 0.490 e. The fraction of sp³-hybridized carbons (Fsp3) is 0.286. The van der Waals surface area contributed by atoms with Crippen LogP contribution < -0.4 is 10.1 Å². The molecule has 0 radical (unpaired) electrons. The molecule has 0 bridgehead atoms. The molecule has 0 aliphatic heterocycles. The minimum absolute atomic E-state index is 0.522. The molecule has 0 fully saturated rings. The van der Waals surface area contributed by atoms with Gasteiger partial charge < -0.3 is 14.6 Å². The monoisotopic (exact) mass is 259 g/mol. The smallest absolute Gasteiger partial charge is 0.240 e. The number of hydrogen-bond acceptors (Lipinski definition) is 5. The maximum Gasteiger partial charge on any atom is 0.240 e. The maximum absolute atomic E-state index is 5.41. The van der Waals surface area contributed by atoms with Gasteiger partial charge in [-0.15, -0.1) is 0 Å². The van der Waals surface area contributed by atoms with Gasteiger partial charge in [0.2, 0.25) is 5.89 Å². The molecule has 0 atom stereocenters. The molecule has 0 spiro atoms. The van der Waals surface area contributed by atoms with Crippen LogP contribution in [0.5, 0.6) is 5.75 Å². The maximum atomic E-state index is 5.41. The van der Waals surface area contributed by atoms with Gasteiger partial charge in [-0.3, -0.25) is 0 Å². The van der Waals surface area contributed by atoms with Crippen molar-refractivity contribution in [3.8, 4) is 5.75 Å². The highest BCUT2D eigenvalue weighted by atomic mass is 16.5. The second-order valence-corrected chi connectivity index (χ2v) is 4.08. The highest BCUT2D eigenvalue weighted by Gasteiger charge is 2.01. The van der Waals surface area contributed by atoms with E-state index in [1.807, 2.05) is 24.3 Å². The van der Waals surface area contributed by atoms with Crippen molar-refractivity contribution in [2.75, 3.05) is 6.61 Å². The second-order valence-electron chi connectivity index (χ2n) is 4.08. The number of ether oxygens (including phenoxy) is 1. The van der Waals surface area contributed by atoms with E-state index in [1.165, 1.54) is 5.56 Å². The molecule has 2 aromatic rings. The number of benzene rings is 1. The third kappa shape index (κ3) is 4.22. The lowest BCUT2D eigenvalue weighted by Gasteiger charge is -2.05. The molecular weight excluding hydrogens is 242 g/mol. The summed E-state index contributed by atoms with van der Waals surface area (Å²) < 4.78 is 10.4. The Labute approximate surface area is 112 Å². The Balaban J connectivity index is 1.78. The molecule has 1 aromatic carbocycles. The molecule has 0 saturated heterocycles. The Hall–Kier alpha value is -2.14. The average molecular weight is 259 g/mol. The lowest BCUT2D eigenvalue weighted by molar-refractivity contribution is 0.362. The van der Waals surface area contributed by atoms with Crippen molar-refractivity contribution in [1.29, 1.82) is 0 Å². The van der Waals surface area contributed by atoms with Crippen molar-refractivity contribution in [3.05, 3.63) is 54.2 Å². The first kappa shape index (κ1) is 13.3. The van der Waals surface area contributed by atoms with E-state index in [1.54, 1.807) is 13.0 Å². The van der Waals surface area contributed by atoms with Gasteiger partial charge in [0.05, 0.1) is 6.54 Å². The normalized spacial score (nSPS) is 10.4. The van der Waals surface area contributed by atoms with Gasteiger partial charge in [-0.1, -0.05) is 29.9 Å². The molecule has 19 heavy (non-hydrogen) atoms. The van der Waals surface area contributed by atoms with E-state index in [0.717, 1.165) is 12.3 Å². The van der Waals surface area contributed by atoms with Crippen LogP contribution in [0.4, 0.5) is 0 Å². The first-order chi connectivity index (χ1) is 9.28. The molecule has 1 heterocycles. The second kappa shape index (κ2) is 6.70. The zero-order valence-electron chi connectivity index (χ0n) is 10.9. The van der Waals surface area contributed by atoms with Crippen LogP contribution >= 0.6 is 0 Å². The Morgan fingerprint density at radius 2 is 2.11 bits per heavy atom.